The highest BCUT2D eigenvalue weighted by Gasteiger charge is 2.41. The Balaban J connectivity index is 2.11. The highest BCUT2D eigenvalue weighted by atomic mass is 32.2. The summed E-state index contributed by atoms with van der Waals surface area (Å²) in [6.07, 6.45) is 6.03. The minimum Gasteiger partial charge on any atom is -0.304 e. The Labute approximate surface area is 66.5 Å². The molecular weight excluding hydrogens is 146 g/mol. The van der Waals surface area contributed by atoms with E-state index < -0.39 is 0 Å². The van der Waals surface area contributed by atoms with Crippen molar-refractivity contribution in [3.05, 3.63) is 0 Å². The molecule has 0 amide bonds. The molecule has 10 heavy (non-hydrogen) atoms. The van der Waals surface area contributed by atoms with Crippen molar-refractivity contribution in [2.45, 2.75) is 19.3 Å². The smallest absolute Gasteiger partial charge is 0.0735 e. The van der Waals surface area contributed by atoms with Gasteiger partial charge < -0.3 is 4.84 Å². The van der Waals surface area contributed by atoms with Crippen LogP contribution in [0.4, 0.5) is 0 Å². The molecule has 0 heterocycles. The minimum absolute atomic E-state index is 0.484. The average molecular weight is 161 g/mol. The van der Waals surface area contributed by atoms with E-state index >= 15 is 0 Å². The number of hydrogen-bond acceptors (Lipinski definition) is 3. The van der Waals surface area contributed by atoms with Gasteiger partial charge in [0.25, 0.3) is 0 Å². The predicted octanol–water partition coefficient (Wildman–Crippen LogP) is 1.41. The lowest BCUT2D eigenvalue weighted by Gasteiger charge is -2.11. The molecule has 2 N–H and O–H groups in total. The molecule has 1 aliphatic carbocycles. The van der Waals surface area contributed by atoms with Gasteiger partial charge in [-0.3, -0.25) is 0 Å². The summed E-state index contributed by atoms with van der Waals surface area (Å²) in [7, 11) is 0. The largest absolute Gasteiger partial charge is 0.304 e. The summed E-state index contributed by atoms with van der Waals surface area (Å²) in [5, 5.41) is 0. The van der Waals surface area contributed by atoms with Gasteiger partial charge in [-0.1, -0.05) is 0 Å². The van der Waals surface area contributed by atoms with Gasteiger partial charge >= 0.3 is 0 Å². The monoisotopic (exact) mass is 161 g/mol. The SMILES string of the molecule is CSCCC1(CON)CC1. The fourth-order valence-electron chi connectivity index (χ4n) is 1.14. The molecule has 0 radical (unpaired) electrons. The van der Waals surface area contributed by atoms with Crippen LogP contribution in [0.1, 0.15) is 19.3 Å². The fourth-order valence-corrected chi connectivity index (χ4v) is 1.78. The van der Waals surface area contributed by atoms with Crippen LogP contribution in [0, 0.1) is 5.41 Å². The highest BCUT2D eigenvalue weighted by molar-refractivity contribution is 7.98. The van der Waals surface area contributed by atoms with E-state index in [1.54, 1.807) is 0 Å². The Kier molecular flexibility index (Phi) is 3.01. The predicted molar refractivity (Wildman–Crippen MR) is 44.8 cm³/mol. The minimum atomic E-state index is 0.484. The molecule has 0 spiro atoms. The molecule has 0 saturated heterocycles. The van der Waals surface area contributed by atoms with Gasteiger partial charge in [0.1, 0.15) is 0 Å². The van der Waals surface area contributed by atoms with Gasteiger partial charge in [0.2, 0.25) is 0 Å². The van der Waals surface area contributed by atoms with Crippen molar-refractivity contribution in [3.8, 4) is 0 Å². The van der Waals surface area contributed by atoms with Crippen LogP contribution in [0.3, 0.4) is 0 Å². The molecule has 0 aromatic carbocycles. The van der Waals surface area contributed by atoms with Gasteiger partial charge in [-0.15, -0.1) is 0 Å². The summed E-state index contributed by atoms with van der Waals surface area (Å²) in [5.41, 5.74) is 0.484. The first-order chi connectivity index (χ1) is 4.83. The molecule has 1 rings (SSSR count). The van der Waals surface area contributed by atoms with E-state index in [0.717, 1.165) is 6.61 Å². The van der Waals surface area contributed by atoms with E-state index in [0.29, 0.717) is 5.41 Å². The zero-order chi connectivity index (χ0) is 7.45. The number of nitrogens with two attached hydrogens (primary N) is 1. The molecule has 3 heteroatoms. The van der Waals surface area contributed by atoms with Crippen LogP contribution in [0.5, 0.6) is 0 Å². The van der Waals surface area contributed by atoms with Gasteiger partial charge in [0, 0.05) is 0 Å². The standard InChI is InChI=1S/C7H15NOS/c1-10-5-4-7(2-3-7)6-9-8/h2-6,8H2,1H3. The van der Waals surface area contributed by atoms with Crippen LogP contribution < -0.4 is 5.90 Å². The molecule has 0 bridgehead atoms. The van der Waals surface area contributed by atoms with E-state index in [2.05, 4.69) is 11.1 Å². The van der Waals surface area contributed by atoms with Crippen molar-refractivity contribution in [1.82, 2.24) is 0 Å². The van der Waals surface area contributed by atoms with E-state index in [1.807, 2.05) is 11.8 Å². The lowest BCUT2D eigenvalue weighted by atomic mass is 10.1. The van der Waals surface area contributed by atoms with Crippen LogP contribution >= 0.6 is 11.8 Å². The lowest BCUT2D eigenvalue weighted by Crippen LogP contribution is -2.14. The molecule has 60 valence electrons. The first-order valence-corrected chi connectivity index (χ1v) is 5.03. The molecule has 0 atom stereocenters. The van der Waals surface area contributed by atoms with E-state index in [4.69, 9.17) is 5.90 Å². The second-order valence-electron chi connectivity index (χ2n) is 3.05. The molecule has 0 unspecified atom stereocenters. The zero-order valence-electron chi connectivity index (χ0n) is 6.43. The van der Waals surface area contributed by atoms with Gasteiger partial charge in [-0.2, -0.15) is 11.8 Å². The Morgan fingerprint density at radius 3 is 2.70 bits per heavy atom. The maximum atomic E-state index is 5.02. The summed E-state index contributed by atoms with van der Waals surface area (Å²) < 4.78 is 0. The highest BCUT2D eigenvalue weighted by Crippen LogP contribution is 2.49. The third-order valence-corrected chi connectivity index (χ3v) is 2.80. The maximum Gasteiger partial charge on any atom is 0.0735 e. The molecule has 1 aliphatic rings. The van der Waals surface area contributed by atoms with Crippen molar-refractivity contribution in [3.63, 3.8) is 0 Å². The van der Waals surface area contributed by atoms with Gasteiger partial charge in [-0.05, 0) is 36.7 Å². The summed E-state index contributed by atoms with van der Waals surface area (Å²) in [6, 6.07) is 0. The van der Waals surface area contributed by atoms with Crippen LogP contribution in [-0.4, -0.2) is 18.6 Å². The summed E-state index contributed by atoms with van der Waals surface area (Å²) in [4.78, 5) is 4.66. The van der Waals surface area contributed by atoms with E-state index in [1.165, 1.54) is 25.0 Å². The normalized spacial score (nSPS) is 21.0. The Hall–Kier alpha value is 0.270. The van der Waals surface area contributed by atoms with Crippen LogP contribution in [0.2, 0.25) is 0 Å². The maximum absolute atomic E-state index is 5.02. The molecule has 0 aliphatic heterocycles. The summed E-state index contributed by atoms with van der Waals surface area (Å²) in [6.45, 7) is 0.758. The third kappa shape index (κ3) is 2.15. The van der Waals surface area contributed by atoms with E-state index in [9.17, 15) is 0 Å². The average Bonchev–Trinajstić information content (AvgIpc) is 2.67. The fraction of sp³-hybridized carbons (Fsp3) is 1.00. The summed E-state index contributed by atoms with van der Waals surface area (Å²) >= 11 is 1.90. The van der Waals surface area contributed by atoms with Crippen molar-refractivity contribution in [1.29, 1.82) is 0 Å². The van der Waals surface area contributed by atoms with Crippen molar-refractivity contribution in [2.24, 2.45) is 11.3 Å². The third-order valence-electron chi connectivity index (χ3n) is 2.18. The number of rotatable bonds is 5. The number of hydrogen-bond donors (Lipinski definition) is 1. The van der Waals surface area contributed by atoms with Crippen LogP contribution in [0.25, 0.3) is 0 Å². The first-order valence-electron chi connectivity index (χ1n) is 3.64. The van der Waals surface area contributed by atoms with Gasteiger partial charge in [-0.25, -0.2) is 5.90 Å². The molecule has 0 aromatic heterocycles. The second kappa shape index (κ2) is 3.60. The van der Waals surface area contributed by atoms with E-state index in [-0.39, 0.29) is 0 Å². The van der Waals surface area contributed by atoms with Crippen LogP contribution in [-0.2, 0) is 4.84 Å². The molecular formula is C7H15NOS. The molecule has 0 aromatic rings. The topological polar surface area (TPSA) is 35.2 Å². The second-order valence-corrected chi connectivity index (χ2v) is 4.04. The van der Waals surface area contributed by atoms with Crippen molar-refractivity contribution in [2.75, 3.05) is 18.6 Å². The molecule has 2 nitrogen and oxygen atoms in total. The first kappa shape index (κ1) is 8.37. The summed E-state index contributed by atoms with van der Waals surface area (Å²) in [5.74, 6) is 6.26. The van der Waals surface area contributed by atoms with Crippen molar-refractivity contribution >= 4 is 11.8 Å². The quantitative estimate of drug-likeness (QED) is 0.619. The van der Waals surface area contributed by atoms with Gasteiger partial charge in [0.05, 0.1) is 6.61 Å². The Morgan fingerprint density at radius 1 is 1.60 bits per heavy atom. The number of thioether (sulfide) groups is 1. The Bertz CT molecular complexity index is 104. The zero-order valence-corrected chi connectivity index (χ0v) is 7.25. The Morgan fingerprint density at radius 2 is 2.30 bits per heavy atom. The van der Waals surface area contributed by atoms with Gasteiger partial charge in [0.15, 0.2) is 0 Å². The molecule has 1 saturated carbocycles. The molecule has 1 fully saturated rings. The lowest BCUT2D eigenvalue weighted by molar-refractivity contribution is 0.0905. The van der Waals surface area contributed by atoms with Crippen LogP contribution in [0.15, 0.2) is 0 Å². The van der Waals surface area contributed by atoms with Crippen molar-refractivity contribution < 1.29 is 4.84 Å².